The second-order valence-electron chi connectivity index (χ2n) is 8.03. The molecule has 0 aliphatic carbocycles. The summed E-state index contributed by atoms with van der Waals surface area (Å²) >= 11 is 0. The molecule has 2 atom stereocenters. The van der Waals surface area contributed by atoms with Gasteiger partial charge in [-0.15, -0.1) is 0 Å². The molecule has 1 unspecified atom stereocenters. The number of hydrogen-bond acceptors (Lipinski definition) is 10. The molecule has 0 aromatic heterocycles. The van der Waals surface area contributed by atoms with Crippen molar-refractivity contribution in [2.75, 3.05) is 32.1 Å². The molecular formula is C23H27N7O6. The quantitative estimate of drug-likeness (QED) is 0.217. The van der Waals surface area contributed by atoms with Gasteiger partial charge in [0.2, 0.25) is 11.9 Å². The van der Waals surface area contributed by atoms with Crippen LogP contribution in [0, 0.1) is 5.92 Å². The van der Waals surface area contributed by atoms with Gasteiger partial charge >= 0.3 is 5.97 Å². The maximum absolute atomic E-state index is 12.6. The minimum absolute atomic E-state index is 0.00352. The number of hydrogen-bond donors (Lipinski definition) is 4. The molecule has 0 spiro atoms. The van der Waals surface area contributed by atoms with E-state index in [0.29, 0.717) is 30.1 Å². The predicted octanol–water partition coefficient (Wildman–Crippen LogP) is 0.0623. The number of ketones is 1. The first-order valence-electron chi connectivity index (χ1n) is 11.2. The highest BCUT2D eigenvalue weighted by atomic mass is 16.5. The van der Waals surface area contributed by atoms with Crippen molar-refractivity contribution in [3.8, 4) is 0 Å². The van der Waals surface area contributed by atoms with Gasteiger partial charge in [0.15, 0.2) is 17.7 Å². The normalized spacial score (nSPS) is 17.3. The highest BCUT2D eigenvalue weighted by Crippen LogP contribution is 2.18. The van der Waals surface area contributed by atoms with Crippen molar-refractivity contribution in [3.05, 3.63) is 29.8 Å². The van der Waals surface area contributed by atoms with E-state index >= 15 is 0 Å². The van der Waals surface area contributed by atoms with E-state index in [1.807, 2.05) is 0 Å². The van der Waals surface area contributed by atoms with Crippen molar-refractivity contribution in [1.29, 1.82) is 0 Å². The number of nitrogens with two attached hydrogens (primary N) is 1. The number of nitrogens with zero attached hydrogens (tertiary/aromatic N) is 4. The number of aliphatic carboxylic acids is 1. The highest BCUT2D eigenvalue weighted by Gasteiger charge is 2.30. The van der Waals surface area contributed by atoms with Gasteiger partial charge in [0, 0.05) is 37.7 Å². The van der Waals surface area contributed by atoms with E-state index in [4.69, 9.17) is 10.5 Å². The van der Waals surface area contributed by atoms with Crippen molar-refractivity contribution in [3.63, 3.8) is 0 Å². The lowest BCUT2D eigenvalue weighted by Crippen LogP contribution is -2.38. The number of carbonyl (C=O) groups is 4. The second-order valence-corrected chi connectivity index (χ2v) is 8.03. The molecule has 190 valence electrons. The van der Waals surface area contributed by atoms with Crippen LogP contribution in [0.2, 0.25) is 0 Å². The number of anilines is 1. The molecule has 2 aliphatic heterocycles. The number of aliphatic imine (C=N–C) groups is 4. The third-order valence-corrected chi connectivity index (χ3v) is 5.38. The highest BCUT2D eigenvalue weighted by molar-refractivity contribution is 6.38. The Hall–Kier alpha value is -4.26. The molecule has 2 heterocycles. The standard InChI is InChI=1S/C23H27N7O6/c1-36-9-8-25-18(32)7-4-14(22(34)35)10-17(31)13-2-5-15(6-3-13)26-11-16-12-27-20-19(28-16)21(33)30-23(24)29-20/h2-3,5-6,12,14,19,26H,4,7-11H2,1H3,(H,25,32)(H,34,35)(H2,24,30,33)/t14-,19?/m1/s1. The van der Waals surface area contributed by atoms with Gasteiger partial charge in [-0.05, 0) is 30.7 Å². The van der Waals surface area contributed by atoms with Crippen molar-refractivity contribution in [2.24, 2.45) is 31.6 Å². The van der Waals surface area contributed by atoms with Gasteiger partial charge in [-0.1, -0.05) is 0 Å². The number of amides is 2. The molecule has 2 amide bonds. The Morgan fingerprint density at radius 2 is 1.94 bits per heavy atom. The fraction of sp³-hybridized carbons (Fsp3) is 0.391. The summed E-state index contributed by atoms with van der Waals surface area (Å²) in [6.07, 6.45) is 1.32. The average molecular weight is 498 g/mol. The van der Waals surface area contributed by atoms with Crippen LogP contribution in [0.4, 0.5) is 5.69 Å². The SMILES string of the molecule is COCCNC(=O)CC[C@H](CC(=O)c1ccc(NCC2=NC3C(=O)N=C(N)N=C3N=C2)cc1)C(=O)O. The summed E-state index contributed by atoms with van der Waals surface area (Å²) in [5, 5.41) is 15.2. The van der Waals surface area contributed by atoms with Crippen molar-refractivity contribution in [2.45, 2.75) is 25.3 Å². The van der Waals surface area contributed by atoms with Gasteiger partial charge in [-0.25, -0.2) is 4.99 Å². The van der Waals surface area contributed by atoms with Crippen LogP contribution >= 0.6 is 0 Å². The molecule has 0 fully saturated rings. The van der Waals surface area contributed by atoms with E-state index < -0.39 is 23.8 Å². The lowest BCUT2D eigenvalue weighted by Gasteiger charge is -2.18. The molecule has 0 radical (unpaired) electrons. The number of Topliss-reactive ketones (excluding diaryl/α,β-unsaturated/α-hetero) is 1. The Morgan fingerprint density at radius 1 is 1.19 bits per heavy atom. The smallest absolute Gasteiger partial charge is 0.306 e. The zero-order chi connectivity index (χ0) is 26.1. The topological polar surface area (TPSA) is 197 Å². The second kappa shape index (κ2) is 12.4. The number of ether oxygens (including phenoxy) is 1. The monoisotopic (exact) mass is 497 g/mol. The molecule has 0 saturated carbocycles. The molecule has 2 aliphatic rings. The summed E-state index contributed by atoms with van der Waals surface area (Å²) in [5.74, 6) is -3.19. The number of benzene rings is 1. The summed E-state index contributed by atoms with van der Waals surface area (Å²) in [4.78, 5) is 63.9. The van der Waals surface area contributed by atoms with Gasteiger partial charge in [-0.2, -0.15) is 9.98 Å². The van der Waals surface area contributed by atoms with E-state index in [0.717, 1.165) is 0 Å². The number of amidine groups is 1. The molecule has 36 heavy (non-hydrogen) atoms. The Labute approximate surface area is 206 Å². The zero-order valence-electron chi connectivity index (χ0n) is 19.6. The Kier molecular flexibility index (Phi) is 9.11. The van der Waals surface area contributed by atoms with Crippen LogP contribution in [0.3, 0.4) is 0 Å². The number of carboxylic acids is 1. The van der Waals surface area contributed by atoms with Crippen molar-refractivity contribution < 1.29 is 29.0 Å². The van der Waals surface area contributed by atoms with E-state index in [-0.39, 0.29) is 49.3 Å². The van der Waals surface area contributed by atoms with Crippen LogP contribution in [0.25, 0.3) is 0 Å². The predicted molar refractivity (Wildman–Crippen MR) is 133 cm³/mol. The molecule has 0 saturated heterocycles. The molecular weight excluding hydrogens is 470 g/mol. The van der Waals surface area contributed by atoms with Gasteiger partial charge in [0.1, 0.15) is 0 Å². The third-order valence-electron chi connectivity index (χ3n) is 5.38. The van der Waals surface area contributed by atoms with Crippen LogP contribution in [0.15, 0.2) is 44.2 Å². The van der Waals surface area contributed by atoms with Crippen LogP contribution in [-0.2, 0) is 19.1 Å². The summed E-state index contributed by atoms with van der Waals surface area (Å²) in [5.41, 5.74) is 7.01. The minimum Gasteiger partial charge on any atom is -0.481 e. The molecule has 13 nitrogen and oxygen atoms in total. The maximum atomic E-state index is 12.6. The molecule has 1 aromatic rings. The number of fused-ring (bicyclic) bond motifs is 1. The molecule has 5 N–H and O–H groups in total. The Morgan fingerprint density at radius 3 is 2.64 bits per heavy atom. The van der Waals surface area contributed by atoms with Crippen molar-refractivity contribution in [1.82, 2.24) is 5.32 Å². The van der Waals surface area contributed by atoms with Gasteiger partial charge in [0.25, 0.3) is 5.91 Å². The first-order valence-corrected chi connectivity index (χ1v) is 11.2. The van der Waals surface area contributed by atoms with Gasteiger partial charge in [-0.3, -0.25) is 24.2 Å². The van der Waals surface area contributed by atoms with Crippen LogP contribution < -0.4 is 16.4 Å². The minimum atomic E-state index is -1.13. The number of carbonyl (C=O) groups excluding carboxylic acids is 3. The van der Waals surface area contributed by atoms with Crippen LogP contribution in [-0.4, -0.2) is 85.2 Å². The lowest BCUT2D eigenvalue weighted by atomic mass is 9.94. The average Bonchev–Trinajstić information content (AvgIpc) is 2.85. The van der Waals surface area contributed by atoms with E-state index in [1.165, 1.54) is 13.3 Å². The zero-order valence-corrected chi connectivity index (χ0v) is 19.6. The van der Waals surface area contributed by atoms with Crippen LogP contribution in [0.5, 0.6) is 0 Å². The number of nitrogens with one attached hydrogen (secondary N) is 2. The lowest BCUT2D eigenvalue weighted by molar-refractivity contribution is -0.142. The van der Waals surface area contributed by atoms with E-state index in [2.05, 4.69) is 30.6 Å². The fourth-order valence-corrected chi connectivity index (χ4v) is 3.44. The number of methoxy groups -OCH3 is 1. The fourth-order valence-electron chi connectivity index (χ4n) is 3.44. The van der Waals surface area contributed by atoms with Crippen molar-refractivity contribution >= 4 is 53.0 Å². The third kappa shape index (κ3) is 7.37. The maximum Gasteiger partial charge on any atom is 0.306 e. The first-order chi connectivity index (χ1) is 17.3. The Balaban J connectivity index is 1.50. The Bertz CT molecular complexity index is 1140. The summed E-state index contributed by atoms with van der Waals surface area (Å²) in [6, 6.07) is 5.63. The first kappa shape index (κ1) is 26.3. The molecule has 1 aromatic carbocycles. The number of rotatable bonds is 13. The van der Waals surface area contributed by atoms with Gasteiger partial charge < -0.3 is 26.2 Å². The van der Waals surface area contributed by atoms with E-state index in [9.17, 15) is 24.3 Å². The molecule has 3 rings (SSSR count). The molecule has 0 bridgehead atoms. The summed E-state index contributed by atoms with van der Waals surface area (Å²) in [6.45, 7) is 0.963. The summed E-state index contributed by atoms with van der Waals surface area (Å²) in [7, 11) is 1.51. The van der Waals surface area contributed by atoms with Crippen LogP contribution in [0.1, 0.15) is 29.6 Å². The number of guanidine groups is 1. The van der Waals surface area contributed by atoms with E-state index in [1.54, 1.807) is 24.3 Å². The number of carboxylic acid groups (broad SMARTS) is 1. The molecule has 13 heteroatoms. The largest absolute Gasteiger partial charge is 0.481 e. The van der Waals surface area contributed by atoms with Gasteiger partial charge in [0.05, 0.1) is 31.0 Å². The summed E-state index contributed by atoms with van der Waals surface area (Å²) < 4.78 is 4.84.